The number of rotatable bonds is 16. The Kier molecular flexibility index (Phi) is 14.2. The van der Waals surface area contributed by atoms with Crippen molar-refractivity contribution in [2.24, 2.45) is 40.9 Å². The Hall–Kier alpha value is -1.55. The molecule has 5 rings (SSSR count). The highest BCUT2D eigenvalue weighted by atomic mass is 28.4. The smallest absolute Gasteiger partial charge is 0.225 e. The Bertz CT molecular complexity index is 1630. The van der Waals surface area contributed by atoms with Crippen LogP contribution in [0.2, 0.25) is 36.3 Å². The predicted octanol–water partition coefficient (Wildman–Crippen LogP) is 14.7. The van der Waals surface area contributed by atoms with E-state index in [1.807, 2.05) is 6.20 Å². The number of Topliss-reactive ketones (excluding diaryl/α,β-unsaturated/α-hetero) is 1. The molecule has 57 heavy (non-hydrogen) atoms. The molecule has 5 nitrogen and oxygen atoms in total. The summed E-state index contributed by atoms with van der Waals surface area (Å²) in [5, 5.41) is 0.0699. The fraction of sp³-hybridized carbons (Fsp3) is 0.800. The Balaban J connectivity index is 1.49. The van der Waals surface area contributed by atoms with E-state index in [-0.39, 0.29) is 28.0 Å². The zero-order valence-electron chi connectivity index (χ0n) is 39.5. The lowest BCUT2D eigenvalue weighted by Gasteiger charge is -2.50. The third kappa shape index (κ3) is 10.2. The zero-order valence-corrected chi connectivity index (χ0v) is 41.5. The number of nitrogens with zero attached hydrogens (tertiary/aromatic N) is 1. The number of hydrogen-bond donors (Lipinski definition) is 0. The lowest BCUT2D eigenvalue weighted by molar-refractivity contribution is -0.126. The van der Waals surface area contributed by atoms with Gasteiger partial charge in [-0.25, -0.2) is 4.98 Å². The maximum atomic E-state index is 13.2. The molecule has 1 unspecified atom stereocenters. The Labute approximate surface area is 352 Å². The van der Waals surface area contributed by atoms with Crippen molar-refractivity contribution in [1.29, 1.82) is 0 Å². The minimum atomic E-state index is -2.31. The van der Waals surface area contributed by atoms with Crippen LogP contribution in [-0.4, -0.2) is 33.5 Å². The number of fused-ring (bicyclic) bond motifs is 1. The standard InChI is InChI=1S/C50H85NO4Si2/c1-17-18-21-40-33-51-46(53-40)50(55-57(15,16)48(9,10)11)31-39(36(5)44(32-50)54-56(13,14)47(6,7)8)26-25-38-20-19-30-49(12)42(28-29-43(38)49)35(4)22-27-41(37-23-24-37)45(52)34(2)3/h25-26,33-35,37,41-44H,5,17-24,27-32H2,1-4,6-16H3/t35-,41?,42-,43+,44+,49-,50-/m1/s1. The van der Waals surface area contributed by atoms with Crippen LogP contribution in [0, 0.1) is 40.9 Å². The van der Waals surface area contributed by atoms with Crippen LogP contribution < -0.4 is 0 Å². The molecule has 7 heteroatoms. The summed E-state index contributed by atoms with van der Waals surface area (Å²) in [4.78, 5) is 18.2. The minimum absolute atomic E-state index is 0.0131. The molecular weight excluding hydrogens is 735 g/mol. The van der Waals surface area contributed by atoms with Crippen molar-refractivity contribution in [3.8, 4) is 0 Å². The summed E-state index contributed by atoms with van der Waals surface area (Å²) in [6.07, 6.45) is 22.2. The Morgan fingerprint density at radius 2 is 1.67 bits per heavy atom. The van der Waals surface area contributed by atoms with E-state index in [4.69, 9.17) is 24.8 Å². The van der Waals surface area contributed by atoms with E-state index in [1.165, 1.54) is 56.9 Å². The average molecular weight is 820 g/mol. The SMILES string of the molecule is C=C1C(=CC=C2CCC[C@]3(C)[C@@H]([C@H](C)CCC(C(=O)C(C)C)C4CC4)CC[C@@H]23)C[C@](O[Si](C)(C)C(C)(C)C)(c2ncc(CCCC)o2)C[C@@H]1O[Si](C)(C)C(C)(C)C. The summed E-state index contributed by atoms with van der Waals surface area (Å²) in [5.41, 5.74) is 3.50. The number of unbranched alkanes of at least 4 members (excludes halogenated alkanes) is 1. The zero-order chi connectivity index (χ0) is 42.4. The predicted molar refractivity (Wildman–Crippen MR) is 244 cm³/mol. The molecule has 4 aliphatic rings. The number of aryl methyl sites for hydroxylation is 1. The molecule has 4 saturated carbocycles. The number of aromatic nitrogens is 1. The maximum absolute atomic E-state index is 13.2. The summed E-state index contributed by atoms with van der Waals surface area (Å²) < 4.78 is 21.7. The fourth-order valence-corrected chi connectivity index (χ4v) is 13.3. The van der Waals surface area contributed by atoms with Gasteiger partial charge in [0.25, 0.3) is 0 Å². The molecule has 0 saturated heterocycles. The molecule has 1 aromatic rings. The van der Waals surface area contributed by atoms with Crippen molar-refractivity contribution in [3.63, 3.8) is 0 Å². The molecule has 4 fully saturated rings. The van der Waals surface area contributed by atoms with Gasteiger partial charge in [0.1, 0.15) is 17.1 Å². The Morgan fingerprint density at radius 3 is 2.26 bits per heavy atom. The third-order valence-electron chi connectivity index (χ3n) is 16.3. The van der Waals surface area contributed by atoms with Crippen molar-refractivity contribution in [3.05, 3.63) is 53.3 Å². The van der Waals surface area contributed by atoms with E-state index in [0.717, 1.165) is 37.0 Å². The molecule has 0 amide bonds. The monoisotopic (exact) mass is 820 g/mol. The van der Waals surface area contributed by atoms with E-state index in [2.05, 4.69) is 115 Å². The molecule has 1 heterocycles. The van der Waals surface area contributed by atoms with Crippen LogP contribution in [0.25, 0.3) is 0 Å². The second kappa shape index (κ2) is 17.4. The van der Waals surface area contributed by atoms with Crippen LogP contribution in [-0.2, 0) is 25.7 Å². The first-order valence-corrected chi connectivity index (χ1v) is 29.1. The molecule has 7 atom stereocenters. The number of carbonyl (C=O) groups excluding carboxylic acids is 1. The largest absolute Gasteiger partial charge is 0.443 e. The topological polar surface area (TPSA) is 61.6 Å². The second-order valence-electron chi connectivity index (χ2n) is 22.9. The van der Waals surface area contributed by atoms with Crippen LogP contribution in [0.4, 0.5) is 0 Å². The van der Waals surface area contributed by atoms with Crippen LogP contribution in [0.3, 0.4) is 0 Å². The summed E-state index contributed by atoms with van der Waals surface area (Å²) in [7, 11) is -4.49. The van der Waals surface area contributed by atoms with Crippen LogP contribution in [0.5, 0.6) is 0 Å². The molecule has 1 aromatic heterocycles. The molecule has 0 bridgehead atoms. The van der Waals surface area contributed by atoms with E-state index in [9.17, 15) is 4.79 Å². The highest BCUT2D eigenvalue weighted by Crippen LogP contribution is 2.60. The van der Waals surface area contributed by atoms with Gasteiger partial charge in [0.15, 0.2) is 16.6 Å². The van der Waals surface area contributed by atoms with Crippen molar-refractivity contribution >= 4 is 22.4 Å². The van der Waals surface area contributed by atoms with E-state index < -0.39 is 22.2 Å². The summed E-state index contributed by atoms with van der Waals surface area (Å²) in [6, 6.07) is 0. The van der Waals surface area contributed by atoms with E-state index in [1.54, 1.807) is 5.57 Å². The molecular formula is C50H85NO4Si2. The van der Waals surface area contributed by atoms with Gasteiger partial charge in [-0.3, -0.25) is 4.79 Å². The van der Waals surface area contributed by atoms with Gasteiger partial charge in [0.05, 0.1) is 12.3 Å². The normalized spacial score (nSPS) is 30.3. The minimum Gasteiger partial charge on any atom is -0.443 e. The lowest BCUT2D eigenvalue weighted by atomic mass is 9.60. The van der Waals surface area contributed by atoms with E-state index >= 15 is 0 Å². The Morgan fingerprint density at radius 1 is 1.00 bits per heavy atom. The first-order valence-electron chi connectivity index (χ1n) is 23.3. The van der Waals surface area contributed by atoms with Gasteiger partial charge in [0.2, 0.25) is 5.89 Å². The molecule has 0 radical (unpaired) electrons. The average Bonchev–Trinajstić information content (AvgIpc) is 3.70. The molecule has 0 N–H and O–H groups in total. The second-order valence-corrected chi connectivity index (χ2v) is 32.4. The van der Waals surface area contributed by atoms with Crippen LogP contribution in [0.15, 0.2) is 46.1 Å². The number of oxazole rings is 1. The first-order chi connectivity index (χ1) is 26.4. The summed E-state index contributed by atoms with van der Waals surface area (Å²) in [5.74, 6) is 5.20. The van der Waals surface area contributed by atoms with Gasteiger partial charge in [0, 0.05) is 31.1 Å². The summed E-state index contributed by atoms with van der Waals surface area (Å²) in [6.45, 7) is 39.8. The quantitative estimate of drug-likeness (QED) is 0.155. The lowest BCUT2D eigenvalue weighted by Crippen LogP contribution is -2.53. The number of carbonyl (C=O) groups is 1. The third-order valence-corrected chi connectivity index (χ3v) is 25.3. The molecule has 4 aliphatic carbocycles. The van der Waals surface area contributed by atoms with Crippen LogP contribution >= 0.6 is 0 Å². The molecule has 322 valence electrons. The molecule has 0 aliphatic heterocycles. The maximum Gasteiger partial charge on any atom is 0.225 e. The highest BCUT2D eigenvalue weighted by Gasteiger charge is 2.54. The number of hydrogen-bond acceptors (Lipinski definition) is 5. The van der Waals surface area contributed by atoms with Gasteiger partial charge in [-0.1, -0.05) is 107 Å². The summed E-state index contributed by atoms with van der Waals surface area (Å²) >= 11 is 0. The number of ketones is 1. The van der Waals surface area contributed by atoms with Gasteiger partial charge in [-0.05, 0) is 141 Å². The van der Waals surface area contributed by atoms with Crippen molar-refractivity contribution in [2.45, 2.75) is 214 Å². The van der Waals surface area contributed by atoms with E-state index in [0.29, 0.717) is 53.6 Å². The van der Waals surface area contributed by atoms with Gasteiger partial charge in [-0.15, -0.1) is 0 Å². The van der Waals surface area contributed by atoms with Crippen molar-refractivity contribution < 1.29 is 18.1 Å². The van der Waals surface area contributed by atoms with Crippen LogP contribution in [0.1, 0.15) is 171 Å². The number of allylic oxidation sites excluding steroid dienone is 3. The van der Waals surface area contributed by atoms with Crippen molar-refractivity contribution in [2.75, 3.05) is 0 Å². The fourth-order valence-electron chi connectivity index (χ4n) is 10.4. The first kappa shape index (κ1) is 46.5. The van der Waals surface area contributed by atoms with Gasteiger partial charge >= 0.3 is 0 Å². The highest BCUT2D eigenvalue weighted by molar-refractivity contribution is 6.74. The molecule has 0 aromatic carbocycles. The van der Waals surface area contributed by atoms with Gasteiger partial charge in [-0.2, -0.15) is 0 Å². The van der Waals surface area contributed by atoms with Gasteiger partial charge < -0.3 is 13.3 Å². The molecule has 0 spiro atoms. The van der Waals surface area contributed by atoms with Crippen molar-refractivity contribution in [1.82, 2.24) is 4.98 Å².